The first-order valence-corrected chi connectivity index (χ1v) is 10.1. The molecule has 0 bridgehead atoms. The zero-order valence-corrected chi connectivity index (χ0v) is 17.6. The molecule has 2 atom stereocenters. The van der Waals surface area contributed by atoms with Crippen LogP contribution in [0.1, 0.15) is 63.5 Å². The van der Waals surface area contributed by atoms with Crippen molar-refractivity contribution in [1.29, 1.82) is 0 Å². The van der Waals surface area contributed by atoms with Gasteiger partial charge in [0.25, 0.3) is 0 Å². The lowest BCUT2D eigenvalue weighted by atomic mass is 9.92. The number of para-hydroxylation sites is 1. The van der Waals surface area contributed by atoms with Gasteiger partial charge in [-0.25, -0.2) is 0 Å². The minimum Gasteiger partial charge on any atom is -0.356 e. The molecule has 0 spiro atoms. The van der Waals surface area contributed by atoms with E-state index in [0.717, 1.165) is 29.8 Å². The van der Waals surface area contributed by atoms with Crippen LogP contribution in [-0.2, 0) is 9.59 Å². The highest BCUT2D eigenvalue weighted by Gasteiger charge is 2.48. The van der Waals surface area contributed by atoms with E-state index in [0.29, 0.717) is 24.8 Å². The van der Waals surface area contributed by atoms with Gasteiger partial charge in [0, 0.05) is 12.2 Å². The fourth-order valence-corrected chi connectivity index (χ4v) is 3.42. The summed E-state index contributed by atoms with van der Waals surface area (Å²) in [7, 11) is 4.03. The van der Waals surface area contributed by atoms with E-state index < -0.39 is 0 Å². The Bertz CT molecular complexity index is 641. The molecule has 1 fully saturated rings. The predicted molar refractivity (Wildman–Crippen MR) is 111 cm³/mol. The fourth-order valence-electron chi connectivity index (χ4n) is 3.42. The maximum Gasteiger partial charge on any atom is 0.228 e. The van der Waals surface area contributed by atoms with Crippen molar-refractivity contribution in [2.24, 2.45) is 11.8 Å². The summed E-state index contributed by atoms with van der Waals surface area (Å²) >= 11 is 0. The average Bonchev–Trinajstić information content (AvgIpc) is 3.39. The van der Waals surface area contributed by atoms with Gasteiger partial charge in [-0.3, -0.25) is 9.59 Å². The van der Waals surface area contributed by atoms with Gasteiger partial charge in [-0.1, -0.05) is 45.9 Å². The molecule has 5 nitrogen and oxygen atoms in total. The Morgan fingerprint density at radius 2 is 1.59 bits per heavy atom. The Labute approximate surface area is 163 Å². The third-order valence-electron chi connectivity index (χ3n) is 5.17. The van der Waals surface area contributed by atoms with E-state index >= 15 is 0 Å². The zero-order valence-electron chi connectivity index (χ0n) is 17.6. The Kier molecular flexibility index (Phi) is 7.42. The molecule has 0 aromatic heterocycles. The van der Waals surface area contributed by atoms with E-state index in [2.05, 4.69) is 61.4 Å². The second-order valence-electron chi connectivity index (χ2n) is 8.51. The van der Waals surface area contributed by atoms with Crippen LogP contribution in [-0.4, -0.2) is 43.9 Å². The lowest BCUT2D eigenvalue weighted by Gasteiger charge is -2.20. The van der Waals surface area contributed by atoms with Crippen LogP contribution in [0.25, 0.3) is 0 Å². The van der Waals surface area contributed by atoms with Crippen LogP contribution >= 0.6 is 0 Å². The Morgan fingerprint density at radius 1 is 1.04 bits per heavy atom. The minimum atomic E-state index is -0.209. The van der Waals surface area contributed by atoms with E-state index in [-0.39, 0.29) is 23.7 Å². The molecule has 1 aliphatic rings. The second-order valence-corrected chi connectivity index (χ2v) is 8.51. The van der Waals surface area contributed by atoms with Crippen molar-refractivity contribution in [2.75, 3.05) is 32.5 Å². The monoisotopic (exact) mass is 373 g/mol. The van der Waals surface area contributed by atoms with Crippen LogP contribution in [0.4, 0.5) is 5.69 Å². The number of carbonyl (C=O) groups is 2. The van der Waals surface area contributed by atoms with Crippen molar-refractivity contribution >= 4 is 17.5 Å². The third kappa shape index (κ3) is 5.80. The number of anilines is 1. The van der Waals surface area contributed by atoms with Crippen molar-refractivity contribution in [3.63, 3.8) is 0 Å². The first-order chi connectivity index (χ1) is 12.7. The van der Waals surface area contributed by atoms with Crippen molar-refractivity contribution in [1.82, 2.24) is 10.2 Å². The van der Waals surface area contributed by atoms with E-state index in [1.54, 1.807) is 0 Å². The van der Waals surface area contributed by atoms with Crippen LogP contribution in [0.3, 0.4) is 0 Å². The summed E-state index contributed by atoms with van der Waals surface area (Å²) < 4.78 is 0. The van der Waals surface area contributed by atoms with Gasteiger partial charge < -0.3 is 15.5 Å². The summed E-state index contributed by atoms with van der Waals surface area (Å²) in [4.78, 5) is 27.1. The zero-order chi connectivity index (χ0) is 20.1. The van der Waals surface area contributed by atoms with Crippen molar-refractivity contribution in [3.8, 4) is 0 Å². The van der Waals surface area contributed by atoms with Crippen LogP contribution in [0.5, 0.6) is 0 Å². The number of amides is 2. The first-order valence-electron chi connectivity index (χ1n) is 10.1. The molecule has 0 radical (unpaired) electrons. The molecular formula is C22H35N3O2. The summed E-state index contributed by atoms with van der Waals surface area (Å²) in [6.45, 7) is 10.1. The smallest absolute Gasteiger partial charge is 0.228 e. The number of nitrogens with one attached hydrogen (secondary N) is 2. The summed E-state index contributed by atoms with van der Waals surface area (Å²) in [6.07, 6.45) is 1.56. The van der Waals surface area contributed by atoms with Gasteiger partial charge in [-0.2, -0.15) is 0 Å². The molecule has 2 unspecified atom stereocenters. The topological polar surface area (TPSA) is 61.4 Å². The number of hydrogen-bond acceptors (Lipinski definition) is 3. The molecule has 0 heterocycles. The molecular weight excluding hydrogens is 338 g/mol. The number of hydrogen-bond donors (Lipinski definition) is 2. The molecule has 2 N–H and O–H groups in total. The van der Waals surface area contributed by atoms with E-state index in [1.807, 2.05) is 14.1 Å². The van der Waals surface area contributed by atoms with Crippen LogP contribution < -0.4 is 10.6 Å². The molecule has 150 valence electrons. The first kappa shape index (κ1) is 21.4. The van der Waals surface area contributed by atoms with Gasteiger partial charge in [0.15, 0.2) is 0 Å². The highest BCUT2D eigenvalue weighted by Crippen LogP contribution is 2.41. The standard InChI is InChI=1S/C22H35N3O2/c1-14(2)16-9-7-10-17(15(3)4)20(16)24-22(27)19-13-18(19)21(26)23-11-8-12-25(5)6/h7,9-10,14-15,18-19H,8,11-13H2,1-6H3,(H,23,26)(H,24,27). The molecule has 0 aliphatic heterocycles. The molecule has 0 saturated heterocycles. The number of rotatable bonds is 9. The van der Waals surface area contributed by atoms with Crippen LogP contribution in [0, 0.1) is 11.8 Å². The van der Waals surface area contributed by atoms with Gasteiger partial charge in [0.05, 0.1) is 11.8 Å². The Morgan fingerprint density at radius 3 is 2.11 bits per heavy atom. The summed E-state index contributed by atoms with van der Waals surface area (Å²) in [6, 6.07) is 6.21. The molecule has 2 rings (SSSR count). The lowest BCUT2D eigenvalue weighted by molar-refractivity contribution is -0.125. The maximum atomic E-state index is 12.8. The normalized spacial score (nSPS) is 18.9. The van der Waals surface area contributed by atoms with Crippen molar-refractivity contribution in [2.45, 2.75) is 52.4 Å². The fraction of sp³-hybridized carbons (Fsp3) is 0.636. The molecule has 27 heavy (non-hydrogen) atoms. The van der Waals surface area contributed by atoms with Gasteiger partial charge in [0.2, 0.25) is 11.8 Å². The van der Waals surface area contributed by atoms with Gasteiger partial charge in [-0.15, -0.1) is 0 Å². The quantitative estimate of drug-likeness (QED) is 0.651. The molecule has 1 aromatic carbocycles. The summed E-state index contributed by atoms with van der Waals surface area (Å²) in [5.41, 5.74) is 3.24. The van der Waals surface area contributed by atoms with Gasteiger partial charge >= 0.3 is 0 Å². The predicted octanol–water partition coefficient (Wildman–Crippen LogP) is 3.58. The molecule has 2 amide bonds. The summed E-state index contributed by atoms with van der Waals surface area (Å²) in [5.74, 6) is 0.244. The highest BCUT2D eigenvalue weighted by atomic mass is 16.2. The number of benzene rings is 1. The van der Waals surface area contributed by atoms with E-state index in [9.17, 15) is 9.59 Å². The second kappa shape index (κ2) is 9.36. The number of nitrogens with zero attached hydrogens (tertiary/aromatic N) is 1. The Balaban J connectivity index is 1.96. The molecule has 1 aromatic rings. The Hall–Kier alpha value is -1.88. The van der Waals surface area contributed by atoms with Crippen LogP contribution in [0.2, 0.25) is 0 Å². The minimum absolute atomic E-state index is 0.00938. The average molecular weight is 374 g/mol. The molecule has 1 saturated carbocycles. The third-order valence-corrected chi connectivity index (χ3v) is 5.17. The SMILES string of the molecule is CC(C)c1cccc(C(C)C)c1NC(=O)C1CC1C(=O)NCCCN(C)C. The van der Waals surface area contributed by atoms with Gasteiger partial charge in [-0.05, 0) is 56.4 Å². The number of carbonyl (C=O) groups excluding carboxylic acids is 2. The summed E-state index contributed by atoms with van der Waals surface area (Å²) in [5, 5.41) is 6.11. The van der Waals surface area contributed by atoms with Crippen molar-refractivity contribution in [3.05, 3.63) is 29.3 Å². The largest absolute Gasteiger partial charge is 0.356 e. The van der Waals surface area contributed by atoms with Gasteiger partial charge in [0.1, 0.15) is 0 Å². The molecule has 1 aliphatic carbocycles. The maximum absolute atomic E-state index is 12.8. The van der Waals surface area contributed by atoms with Crippen molar-refractivity contribution < 1.29 is 9.59 Å². The lowest BCUT2D eigenvalue weighted by Crippen LogP contribution is -2.30. The van der Waals surface area contributed by atoms with Crippen LogP contribution in [0.15, 0.2) is 18.2 Å². The van der Waals surface area contributed by atoms with E-state index in [1.165, 1.54) is 0 Å². The molecule has 5 heteroatoms. The van der Waals surface area contributed by atoms with E-state index in [4.69, 9.17) is 0 Å². The highest BCUT2D eigenvalue weighted by molar-refractivity contribution is 6.00.